The third-order valence-corrected chi connectivity index (χ3v) is 4.27. The molecule has 2 aliphatic carbocycles. The van der Waals surface area contributed by atoms with Crippen molar-refractivity contribution in [1.82, 2.24) is 0 Å². The molecule has 0 spiro atoms. The van der Waals surface area contributed by atoms with E-state index in [1.807, 2.05) is 24.3 Å². The maximum atomic E-state index is 2.99. The molecule has 4 aromatic carbocycles. The molecule has 0 unspecified atom stereocenters. The Morgan fingerprint density at radius 3 is 1.18 bits per heavy atom. The van der Waals surface area contributed by atoms with Crippen LogP contribution in [0.5, 0.6) is 0 Å². The van der Waals surface area contributed by atoms with Crippen molar-refractivity contribution in [2.45, 2.75) is 40.5 Å². The Kier molecular flexibility index (Phi) is 26.0. The van der Waals surface area contributed by atoms with Crippen LogP contribution >= 0.6 is 0 Å². The Bertz CT molecular complexity index is 1080. The van der Waals surface area contributed by atoms with Crippen molar-refractivity contribution in [2.24, 2.45) is 0 Å². The van der Waals surface area contributed by atoms with Gasteiger partial charge in [0.15, 0.2) is 0 Å². The molecule has 0 atom stereocenters. The molecule has 2 aliphatic rings. The van der Waals surface area contributed by atoms with Crippen molar-refractivity contribution < 1.29 is 64.8 Å². The first-order valence-electron chi connectivity index (χ1n) is 12.1. The molecule has 0 saturated carbocycles. The van der Waals surface area contributed by atoms with E-state index in [9.17, 15) is 0 Å². The number of halogens is 2. The fourth-order valence-corrected chi connectivity index (χ4v) is 2.82. The van der Waals surface area contributed by atoms with Crippen LogP contribution in [-0.2, 0) is 39.9 Å². The van der Waals surface area contributed by atoms with E-state index in [1.54, 1.807) is 0 Å². The van der Waals surface area contributed by atoms with Gasteiger partial charge in [-0.05, 0) is 0 Å². The smallest absolute Gasteiger partial charge is 0.0809 e. The Morgan fingerprint density at radius 2 is 0.947 bits per heavy atom. The summed E-state index contributed by atoms with van der Waals surface area (Å²) in [6.45, 7) is 8.33. The normalized spacial score (nSPS) is 10.9. The summed E-state index contributed by atoms with van der Waals surface area (Å²) in [6, 6.07) is 29.3. The topological polar surface area (TPSA) is 0 Å². The summed E-state index contributed by atoms with van der Waals surface area (Å²) in [5.74, 6) is 0. The van der Waals surface area contributed by atoms with Gasteiger partial charge in [-0.1, -0.05) is 12.1 Å². The van der Waals surface area contributed by atoms with Crippen molar-refractivity contribution >= 4 is 29.2 Å². The van der Waals surface area contributed by atoms with Crippen LogP contribution in [0.25, 0.3) is 21.5 Å². The minimum Gasteiger partial charge on any atom is -1.00 e. The van der Waals surface area contributed by atoms with E-state index in [1.165, 1.54) is 29.2 Å². The first-order chi connectivity index (χ1) is 17.4. The first kappa shape index (κ1) is 38.5. The van der Waals surface area contributed by atoms with Gasteiger partial charge in [-0.2, -0.15) is 47.2 Å². The molecule has 4 heteroatoms. The van der Waals surface area contributed by atoms with Crippen LogP contribution in [-0.4, -0.2) is 7.62 Å². The van der Waals surface area contributed by atoms with E-state index in [2.05, 4.69) is 177 Å². The van der Waals surface area contributed by atoms with Gasteiger partial charge in [-0.25, -0.2) is 24.3 Å². The van der Waals surface area contributed by atoms with Gasteiger partial charge in [0, 0.05) is 0 Å². The van der Waals surface area contributed by atoms with Crippen LogP contribution in [0.15, 0.2) is 121 Å². The molecule has 0 nitrogen and oxygen atoms in total. The van der Waals surface area contributed by atoms with Crippen LogP contribution in [0.1, 0.15) is 40.5 Å². The Labute approximate surface area is 266 Å². The summed E-state index contributed by atoms with van der Waals surface area (Å²) in [5.41, 5.74) is 0. The van der Waals surface area contributed by atoms with Crippen LogP contribution in [0.2, 0.25) is 0 Å². The molecule has 196 valence electrons. The molecular formula is C34H36Cl2Ti2-2. The van der Waals surface area contributed by atoms with Gasteiger partial charge < -0.3 is 24.8 Å². The number of fused-ring (bicyclic) bond motifs is 2. The van der Waals surface area contributed by atoms with Crippen LogP contribution in [0, 0.1) is 12.2 Å². The second-order valence-electron chi connectivity index (χ2n) is 8.32. The van der Waals surface area contributed by atoms with Crippen LogP contribution in [0.4, 0.5) is 0 Å². The van der Waals surface area contributed by atoms with Crippen molar-refractivity contribution in [3.05, 3.63) is 134 Å². The Hall–Kier alpha value is -1.63. The van der Waals surface area contributed by atoms with Gasteiger partial charge in [0.05, 0.1) is 0 Å². The number of rotatable bonds is 0. The Balaban J connectivity index is 0. The molecule has 0 aliphatic heterocycles. The summed E-state index contributed by atoms with van der Waals surface area (Å²) in [5, 5.41) is 5.32. The molecule has 0 amide bonds. The third-order valence-electron chi connectivity index (χ3n) is 4.27. The maximum Gasteiger partial charge on any atom is -0.0809 e. The fourth-order valence-electron chi connectivity index (χ4n) is 2.82. The zero-order valence-electron chi connectivity index (χ0n) is 22.7. The first-order valence-corrected chi connectivity index (χ1v) is 13.6. The van der Waals surface area contributed by atoms with Crippen LogP contribution < -0.4 is 24.8 Å². The van der Waals surface area contributed by atoms with Gasteiger partial charge in [0.25, 0.3) is 0 Å². The third kappa shape index (κ3) is 21.3. The zero-order valence-corrected chi connectivity index (χ0v) is 27.4. The van der Waals surface area contributed by atoms with Gasteiger partial charge in [0.2, 0.25) is 0 Å². The number of hydrogen-bond acceptors (Lipinski definition) is 0. The molecule has 4 aromatic rings. The molecule has 0 fully saturated rings. The average molecular weight is 611 g/mol. The van der Waals surface area contributed by atoms with Crippen molar-refractivity contribution in [3.8, 4) is 0 Å². The molecule has 0 N–H and O–H groups in total. The van der Waals surface area contributed by atoms with E-state index in [0.29, 0.717) is 0 Å². The summed E-state index contributed by atoms with van der Waals surface area (Å²) < 4.78 is 2.83. The largest absolute Gasteiger partial charge is 1.00 e. The van der Waals surface area contributed by atoms with Crippen LogP contribution in [0.3, 0.4) is 0 Å². The van der Waals surface area contributed by atoms with E-state index >= 15 is 0 Å². The molecule has 0 heterocycles. The summed E-state index contributed by atoms with van der Waals surface area (Å²) in [4.78, 5) is 0. The van der Waals surface area contributed by atoms with Crippen molar-refractivity contribution in [2.75, 3.05) is 0 Å². The van der Waals surface area contributed by atoms with E-state index in [0.717, 1.165) is 12.8 Å². The molecule has 0 radical (unpaired) electrons. The van der Waals surface area contributed by atoms with E-state index in [4.69, 9.17) is 0 Å². The van der Waals surface area contributed by atoms with Gasteiger partial charge in [-0.3, -0.25) is 12.2 Å². The van der Waals surface area contributed by atoms with Crippen molar-refractivity contribution in [1.29, 1.82) is 0 Å². The average Bonchev–Trinajstić information content (AvgIpc) is 3.68. The molecule has 6 rings (SSSR count). The molecule has 0 saturated heterocycles. The summed E-state index contributed by atoms with van der Waals surface area (Å²) in [6.07, 6.45) is 20.0. The van der Waals surface area contributed by atoms with Gasteiger partial charge in [0.1, 0.15) is 0 Å². The second-order valence-corrected chi connectivity index (χ2v) is 11.4. The molecule has 0 aromatic heterocycles. The molecule has 0 bridgehead atoms. The maximum absolute atomic E-state index is 2.99. The molecule has 38 heavy (non-hydrogen) atoms. The quantitative estimate of drug-likeness (QED) is 0.212. The van der Waals surface area contributed by atoms with E-state index < -0.39 is 0 Å². The predicted molar refractivity (Wildman–Crippen MR) is 155 cm³/mol. The summed E-state index contributed by atoms with van der Waals surface area (Å²) in [7, 11) is 0. The van der Waals surface area contributed by atoms with E-state index in [-0.39, 0.29) is 24.8 Å². The van der Waals surface area contributed by atoms with Gasteiger partial charge in [-0.15, -0.1) is 72.1 Å². The zero-order chi connectivity index (χ0) is 26.4. The standard InChI is InChI=1S/2C9H7.2C5H5.2C3H6.2ClH.2Ti/c2*1-2-5-9-7-3-6-8(9)4-1;2*1-2-4-5-3-1;2*1-3-2;;;;/h2*1-7H;2*1-3H,4H2;2*1-2H3;2*1H;;/q4*-1;;;;;2*+2/p-2. The minimum absolute atomic E-state index is 0. The Morgan fingerprint density at radius 1 is 0.605 bits per heavy atom. The van der Waals surface area contributed by atoms with Gasteiger partial charge >= 0.3 is 75.3 Å². The number of allylic oxidation sites excluding steroid dienone is 8. The minimum atomic E-state index is 0. The monoisotopic (exact) mass is 610 g/mol. The van der Waals surface area contributed by atoms with Crippen molar-refractivity contribution in [3.63, 3.8) is 0 Å². The predicted octanol–water partition coefficient (Wildman–Crippen LogP) is 3.23. The number of benzene rings is 2. The molecular weight excluding hydrogens is 575 g/mol. The fraction of sp³-hybridized carbons (Fsp3) is 0.176. The summed E-state index contributed by atoms with van der Waals surface area (Å²) >= 11 is 4.17. The SMILES string of the molecule is C[C](C)=[Ti+2].C[C](C)=[Ti+2].[C-]1=CC=CC1.[C-]1=CC=CC1.[Cl-].[Cl-].c1ccc2[cH-]ccc2c1.c1ccc2[cH-]ccc2c1. The number of hydrogen-bond donors (Lipinski definition) is 0. The second kappa shape index (κ2) is 25.6.